The van der Waals surface area contributed by atoms with E-state index in [1.165, 1.54) is 82.4 Å². The predicted molar refractivity (Wildman–Crippen MR) is 185 cm³/mol. The standard InChI is InChI=1S/C43H30/c1-29-14-12-24-36-35(29)23-13-25-37(36)43-40-21-10-8-19-38(40)42(39-20-9-11-22-41(39)43)34-27-32(30-15-4-2-5-16-30)26-33(28-34)31-17-6-3-7-18-31/h2-28H,1H3. The van der Waals surface area contributed by atoms with E-state index in [1.807, 2.05) is 0 Å². The lowest BCUT2D eigenvalue weighted by Crippen LogP contribution is -1.93. The second-order valence-electron chi connectivity index (χ2n) is 11.3. The van der Waals surface area contributed by atoms with Gasteiger partial charge in [-0.25, -0.2) is 0 Å². The maximum atomic E-state index is 2.37. The lowest BCUT2D eigenvalue weighted by molar-refractivity contribution is 1.53. The van der Waals surface area contributed by atoms with Gasteiger partial charge in [0, 0.05) is 0 Å². The molecule has 0 aliphatic rings. The Kier molecular flexibility index (Phi) is 6.12. The summed E-state index contributed by atoms with van der Waals surface area (Å²) in [5.41, 5.74) is 11.3. The molecule has 8 rings (SSSR count). The smallest absolute Gasteiger partial charge is 0.00201 e. The molecule has 0 heteroatoms. The highest BCUT2D eigenvalue weighted by Crippen LogP contribution is 2.46. The van der Waals surface area contributed by atoms with Gasteiger partial charge in [0.25, 0.3) is 0 Å². The van der Waals surface area contributed by atoms with Crippen molar-refractivity contribution in [3.8, 4) is 44.5 Å². The number of benzene rings is 8. The first-order valence-corrected chi connectivity index (χ1v) is 14.9. The monoisotopic (exact) mass is 546 g/mol. The van der Waals surface area contributed by atoms with Crippen molar-refractivity contribution in [2.75, 3.05) is 0 Å². The minimum atomic E-state index is 1.22. The summed E-state index contributed by atoms with van der Waals surface area (Å²) in [4.78, 5) is 0. The number of hydrogen-bond donors (Lipinski definition) is 0. The van der Waals surface area contributed by atoms with Crippen LogP contribution in [0.1, 0.15) is 5.56 Å². The summed E-state index contributed by atoms with van der Waals surface area (Å²) < 4.78 is 0. The van der Waals surface area contributed by atoms with E-state index in [0.29, 0.717) is 0 Å². The molecule has 8 aromatic rings. The quantitative estimate of drug-likeness (QED) is 0.193. The maximum absolute atomic E-state index is 2.37. The Morgan fingerprint density at radius 3 is 1.26 bits per heavy atom. The van der Waals surface area contributed by atoms with E-state index in [9.17, 15) is 0 Å². The minimum absolute atomic E-state index is 1.22. The maximum Gasteiger partial charge on any atom is -0.00201 e. The van der Waals surface area contributed by atoms with Gasteiger partial charge in [0.1, 0.15) is 0 Å². The average Bonchev–Trinajstić information content (AvgIpc) is 3.08. The van der Waals surface area contributed by atoms with Gasteiger partial charge < -0.3 is 0 Å². The van der Waals surface area contributed by atoms with Gasteiger partial charge in [-0.2, -0.15) is 0 Å². The van der Waals surface area contributed by atoms with Crippen LogP contribution in [-0.4, -0.2) is 0 Å². The summed E-state index contributed by atoms with van der Waals surface area (Å²) in [6.07, 6.45) is 0. The summed E-state index contributed by atoms with van der Waals surface area (Å²) in [5.74, 6) is 0. The highest BCUT2D eigenvalue weighted by atomic mass is 14.2. The SMILES string of the molecule is Cc1cccc2c(-c3c4ccccc4c(-c4cc(-c5ccccc5)cc(-c5ccccc5)c4)c4ccccc34)cccc12. The van der Waals surface area contributed by atoms with Crippen molar-refractivity contribution in [1.29, 1.82) is 0 Å². The number of rotatable bonds is 4. The van der Waals surface area contributed by atoms with E-state index in [0.717, 1.165) is 0 Å². The first kappa shape index (κ1) is 25.3. The molecule has 0 bridgehead atoms. The molecule has 0 aliphatic carbocycles. The van der Waals surface area contributed by atoms with Gasteiger partial charge >= 0.3 is 0 Å². The van der Waals surface area contributed by atoms with Crippen molar-refractivity contribution in [3.63, 3.8) is 0 Å². The normalized spacial score (nSPS) is 11.4. The van der Waals surface area contributed by atoms with E-state index in [4.69, 9.17) is 0 Å². The first-order chi connectivity index (χ1) is 21.3. The van der Waals surface area contributed by atoms with E-state index >= 15 is 0 Å². The van der Waals surface area contributed by atoms with Crippen molar-refractivity contribution in [1.82, 2.24) is 0 Å². The molecule has 202 valence electrons. The summed E-state index contributed by atoms with van der Waals surface area (Å²) in [7, 11) is 0. The molecular weight excluding hydrogens is 516 g/mol. The molecule has 0 amide bonds. The van der Waals surface area contributed by atoms with Gasteiger partial charge in [0.2, 0.25) is 0 Å². The van der Waals surface area contributed by atoms with Crippen LogP contribution in [0.25, 0.3) is 76.8 Å². The zero-order chi connectivity index (χ0) is 28.8. The Labute approximate surface area is 252 Å². The Balaban J connectivity index is 1.49. The molecular formula is C43H30. The van der Waals surface area contributed by atoms with Gasteiger partial charge in [0.05, 0.1) is 0 Å². The average molecular weight is 547 g/mol. The fraction of sp³-hybridized carbons (Fsp3) is 0.0233. The largest absolute Gasteiger partial charge is 0.0622 e. The number of aryl methyl sites for hydroxylation is 1. The van der Waals surface area contributed by atoms with Crippen molar-refractivity contribution in [3.05, 3.63) is 169 Å². The molecule has 0 saturated carbocycles. The van der Waals surface area contributed by atoms with E-state index in [-0.39, 0.29) is 0 Å². The van der Waals surface area contributed by atoms with Gasteiger partial charge in [0.15, 0.2) is 0 Å². The Hall–Kier alpha value is -5.46. The molecule has 43 heavy (non-hydrogen) atoms. The van der Waals surface area contributed by atoms with Crippen LogP contribution in [0.3, 0.4) is 0 Å². The van der Waals surface area contributed by atoms with Gasteiger partial charge in [-0.1, -0.05) is 146 Å². The van der Waals surface area contributed by atoms with Crippen LogP contribution in [-0.2, 0) is 0 Å². The second-order valence-corrected chi connectivity index (χ2v) is 11.3. The van der Waals surface area contributed by atoms with Crippen LogP contribution in [0.5, 0.6) is 0 Å². The van der Waals surface area contributed by atoms with E-state index in [1.54, 1.807) is 0 Å². The van der Waals surface area contributed by atoms with Crippen LogP contribution >= 0.6 is 0 Å². The van der Waals surface area contributed by atoms with Crippen LogP contribution < -0.4 is 0 Å². The zero-order valence-electron chi connectivity index (χ0n) is 24.1. The third-order valence-electron chi connectivity index (χ3n) is 8.78. The number of hydrogen-bond acceptors (Lipinski definition) is 0. The van der Waals surface area contributed by atoms with Crippen molar-refractivity contribution in [2.45, 2.75) is 6.92 Å². The van der Waals surface area contributed by atoms with E-state index in [2.05, 4.69) is 171 Å². The van der Waals surface area contributed by atoms with Gasteiger partial charge in [-0.3, -0.25) is 0 Å². The highest BCUT2D eigenvalue weighted by molar-refractivity contribution is 6.23. The molecule has 0 fully saturated rings. The summed E-state index contributed by atoms with van der Waals surface area (Å²) in [5, 5.41) is 7.69. The van der Waals surface area contributed by atoms with Gasteiger partial charge in [-0.05, 0) is 108 Å². The van der Waals surface area contributed by atoms with Crippen molar-refractivity contribution in [2.24, 2.45) is 0 Å². The molecule has 0 aliphatic heterocycles. The fourth-order valence-electron chi connectivity index (χ4n) is 6.78. The molecule has 0 radical (unpaired) electrons. The molecule has 0 saturated heterocycles. The molecule has 0 heterocycles. The molecule has 0 aromatic heterocycles. The predicted octanol–water partition coefficient (Wildman–Crippen LogP) is 12.1. The fourth-order valence-corrected chi connectivity index (χ4v) is 6.78. The third-order valence-corrected chi connectivity index (χ3v) is 8.78. The Bertz CT molecular complexity index is 2160. The lowest BCUT2D eigenvalue weighted by atomic mass is 9.83. The summed E-state index contributed by atoms with van der Waals surface area (Å²) in [6, 6.07) is 59.8. The van der Waals surface area contributed by atoms with Crippen LogP contribution in [0.4, 0.5) is 0 Å². The molecule has 8 aromatic carbocycles. The molecule has 0 atom stereocenters. The van der Waals surface area contributed by atoms with Crippen LogP contribution in [0.15, 0.2) is 164 Å². The molecule has 0 N–H and O–H groups in total. The van der Waals surface area contributed by atoms with Crippen LogP contribution in [0.2, 0.25) is 0 Å². The third kappa shape index (κ3) is 4.31. The molecule has 0 nitrogen and oxygen atoms in total. The van der Waals surface area contributed by atoms with Crippen molar-refractivity contribution < 1.29 is 0 Å². The lowest BCUT2D eigenvalue weighted by Gasteiger charge is -2.20. The molecule has 0 unspecified atom stereocenters. The topological polar surface area (TPSA) is 0 Å². The van der Waals surface area contributed by atoms with E-state index < -0.39 is 0 Å². The Morgan fingerprint density at radius 2 is 0.698 bits per heavy atom. The van der Waals surface area contributed by atoms with Crippen molar-refractivity contribution >= 4 is 32.3 Å². The van der Waals surface area contributed by atoms with Gasteiger partial charge in [-0.15, -0.1) is 0 Å². The minimum Gasteiger partial charge on any atom is -0.0622 e. The Morgan fingerprint density at radius 1 is 0.279 bits per heavy atom. The zero-order valence-corrected chi connectivity index (χ0v) is 24.1. The highest BCUT2D eigenvalue weighted by Gasteiger charge is 2.19. The number of fused-ring (bicyclic) bond motifs is 3. The molecule has 0 spiro atoms. The summed E-state index contributed by atoms with van der Waals surface area (Å²) >= 11 is 0. The van der Waals surface area contributed by atoms with Crippen LogP contribution in [0, 0.1) is 6.92 Å². The summed E-state index contributed by atoms with van der Waals surface area (Å²) in [6.45, 7) is 2.20. The second kappa shape index (κ2) is 10.4. The first-order valence-electron chi connectivity index (χ1n) is 14.9.